The molecule has 142 valence electrons. The molecule has 2 aromatic rings. The van der Waals surface area contributed by atoms with Crippen molar-refractivity contribution in [3.63, 3.8) is 0 Å². The van der Waals surface area contributed by atoms with Gasteiger partial charge in [-0.1, -0.05) is 12.1 Å². The lowest BCUT2D eigenvalue weighted by molar-refractivity contribution is -0.116. The molecule has 2 aromatic carbocycles. The van der Waals surface area contributed by atoms with Crippen molar-refractivity contribution in [1.29, 1.82) is 0 Å². The van der Waals surface area contributed by atoms with Gasteiger partial charge in [0.25, 0.3) is 10.0 Å². The molecule has 0 saturated carbocycles. The summed E-state index contributed by atoms with van der Waals surface area (Å²) >= 11 is 0. The van der Waals surface area contributed by atoms with Crippen LogP contribution < -0.4 is 9.62 Å². The Balaban J connectivity index is 1.67. The molecule has 1 N–H and O–H groups in total. The Labute approximate surface area is 160 Å². The van der Waals surface area contributed by atoms with Crippen LogP contribution in [-0.4, -0.2) is 20.4 Å². The highest BCUT2D eigenvalue weighted by molar-refractivity contribution is 7.92. The van der Waals surface area contributed by atoms with Crippen LogP contribution in [-0.2, 0) is 34.1 Å². The van der Waals surface area contributed by atoms with Crippen LogP contribution in [0.5, 0.6) is 0 Å². The fourth-order valence-electron chi connectivity index (χ4n) is 4.34. The summed E-state index contributed by atoms with van der Waals surface area (Å²) in [5.41, 5.74) is 4.75. The summed E-state index contributed by atoms with van der Waals surface area (Å²) in [7, 11) is -3.68. The number of benzene rings is 2. The van der Waals surface area contributed by atoms with Crippen molar-refractivity contribution in [2.24, 2.45) is 0 Å². The average Bonchev–Trinajstić information content (AvgIpc) is 2.97. The first-order chi connectivity index (χ1) is 12.9. The van der Waals surface area contributed by atoms with E-state index in [9.17, 15) is 13.2 Å². The van der Waals surface area contributed by atoms with Gasteiger partial charge in [-0.15, -0.1) is 0 Å². The smallest absolute Gasteiger partial charge is 0.261 e. The molecule has 1 aliphatic carbocycles. The van der Waals surface area contributed by atoms with Crippen molar-refractivity contribution in [1.82, 2.24) is 0 Å². The van der Waals surface area contributed by atoms with Crippen LogP contribution in [0.4, 0.5) is 11.4 Å². The molecule has 1 aliphatic heterocycles. The van der Waals surface area contributed by atoms with E-state index in [0.717, 1.165) is 42.5 Å². The summed E-state index contributed by atoms with van der Waals surface area (Å²) in [5, 5.41) is 0. The first-order valence-corrected chi connectivity index (χ1v) is 10.9. The predicted molar refractivity (Wildman–Crippen MR) is 107 cm³/mol. The molecule has 0 saturated heterocycles. The van der Waals surface area contributed by atoms with Gasteiger partial charge < -0.3 is 4.90 Å². The Hall–Kier alpha value is -2.34. The van der Waals surface area contributed by atoms with Crippen molar-refractivity contribution in [2.75, 3.05) is 9.62 Å². The number of carbonyl (C=O) groups is 1. The average molecular weight is 385 g/mol. The Kier molecular flexibility index (Phi) is 4.46. The van der Waals surface area contributed by atoms with Gasteiger partial charge in [0.15, 0.2) is 0 Å². The summed E-state index contributed by atoms with van der Waals surface area (Å²) < 4.78 is 28.8. The van der Waals surface area contributed by atoms with E-state index in [-0.39, 0.29) is 16.8 Å². The molecule has 6 heteroatoms. The van der Waals surface area contributed by atoms with E-state index >= 15 is 0 Å². The molecule has 2 aliphatic rings. The molecule has 0 radical (unpaired) electrons. The maximum absolute atomic E-state index is 13.0. The van der Waals surface area contributed by atoms with Crippen LogP contribution in [0.3, 0.4) is 0 Å². The summed E-state index contributed by atoms with van der Waals surface area (Å²) in [6.45, 7) is 3.51. The minimum absolute atomic E-state index is 0.0223. The number of hydrogen-bond donors (Lipinski definition) is 1. The van der Waals surface area contributed by atoms with Crippen molar-refractivity contribution < 1.29 is 13.2 Å². The molecule has 0 bridgehead atoms. The van der Waals surface area contributed by atoms with E-state index in [0.29, 0.717) is 12.1 Å². The summed E-state index contributed by atoms with van der Waals surface area (Å²) in [6, 6.07) is 10.9. The van der Waals surface area contributed by atoms with Crippen LogP contribution >= 0.6 is 0 Å². The number of amides is 1. The van der Waals surface area contributed by atoms with Crippen LogP contribution in [0.15, 0.2) is 41.3 Å². The van der Waals surface area contributed by atoms with E-state index in [1.165, 1.54) is 12.5 Å². The highest BCUT2D eigenvalue weighted by Crippen LogP contribution is 2.35. The molecule has 4 rings (SSSR count). The second-order valence-corrected chi connectivity index (χ2v) is 9.17. The minimum Gasteiger partial charge on any atom is -0.309 e. The first-order valence-electron chi connectivity index (χ1n) is 9.43. The summed E-state index contributed by atoms with van der Waals surface area (Å²) in [5.74, 6) is -0.0223. The fourth-order valence-corrected chi connectivity index (χ4v) is 5.48. The molecule has 0 fully saturated rings. The summed E-state index contributed by atoms with van der Waals surface area (Å²) in [4.78, 5) is 13.8. The van der Waals surface area contributed by atoms with Crippen molar-refractivity contribution in [3.8, 4) is 0 Å². The number of aryl methyl sites for hydroxylation is 1. The molecular formula is C21H24N2O3S. The maximum atomic E-state index is 13.0. The third-order valence-corrected chi connectivity index (χ3v) is 6.92. The van der Waals surface area contributed by atoms with Gasteiger partial charge in [-0.2, -0.15) is 0 Å². The van der Waals surface area contributed by atoms with Gasteiger partial charge >= 0.3 is 0 Å². The number of hydrogen-bond acceptors (Lipinski definition) is 3. The number of fused-ring (bicyclic) bond motifs is 2. The van der Waals surface area contributed by atoms with Crippen LogP contribution in [0.1, 0.15) is 43.4 Å². The van der Waals surface area contributed by atoms with E-state index in [4.69, 9.17) is 0 Å². The molecule has 0 aromatic heterocycles. The predicted octanol–water partition coefficient (Wildman–Crippen LogP) is 3.66. The number of carbonyl (C=O) groups excluding carboxylic acids is 1. The standard InChI is InChI=1S/C21H24N2O3S/c1-14-12-17-13-18(10-11-21(17)23(14)15(2)24)27(25,26)22-20-9-5-7-16-6-3-4-8-19(16)20/h5,7,9-11,13-14,22H,3-4,6,8,12H2,1-2H3/t14-/m1/s1. The highest BCUT2D eigenvalue weighted by Gasteiger charge is 2.30. The molecule has 1 atom stereocenters. The second kappa shape index (κ2) is 6.68. The molecular weight excluding hydrogens is 360 g/mol. The molecule has 27 heavy (non-hydrogen) atoms. The van der Waals surface area contributed by atoms with Gasteiger partial charge in [-0.3, -0.25) is 9.52 Å². The van der Waals surface area contributed by atoms with Crippen LogP contribution in [0, 0.1) is 0 Å². The lowest BCUT2D eigenvalue weighted by Crippen LogP contribution is -2.33. The number of nitrogens with one attached hydrogen (secondary N) is 1. The van der Waals surface area contributed by atoms with Gasteiger partial charge in [-0.25, -0.2) is 8.42 Å². The first kappa shape index (κ1) is 18.0. The molecule has 0 unspecified atom stereocenters. The van der Waals surface area contributed by atoms with Gasteiger partial charge in [0.05, 0.1) is 10.6 Å². The van der Waals surface area contributed by atoms with E-state index in [2.05, 4.69) is 10.8 Å². The van der Waals surface area contributed by atoms with Crippen molar-refractivity contribution in [2.45, 2.75) is 56.9 Å². The van der Waals surface area contributed by atoms with Crippen LogP contribution in [0.2, 0.25) is 0 Å². The van der Waals surface area contributed by atoms with Crippen LogP contribution in [0.25, 0.3) is 0 Å². The zero-order chi connectivity index (χ0) is 19.2. The van der Waals surface area contributed by atoms with E-state index < -0.39 is 10.0 Å². The van der Waals surface area contributed by atoms with E-state index in [1.807, 2.05) is 19.1 Å². The topological polar surface area (TPSA) is 66.5 Å². The number of rotatable bonds is 3. The fraction of sp³-hybridized carbons (Fsp3) is 0.381. The number of nitrogens with zero attached hydrogens (tertiary/aromatic N) is 1. The van der Waals surface area contributed by atoms with Crippen molar-refractivity contribution >= 4 is 27.3 Å². The molecule has 5 nitrogen and oxygen atoms in total. The van der Waals surface area contributed by atoms with Gasteiger partial charge in [0.2, 0.25) is 5.91 Å². The maximum Gasteiger partial charge on any atom is 0.261 e. The largest absolute Gasteiger partial charge is 0.309 e. The second-order valence-electron chi connectivity index (χ2n) is 7.49. The van der Waals surface area contributed by atoms with Crippen molar-refractivity contribution in [3.05, 3.63) is 53.1 Å². The highest BCUT2D eigenvalue weighted by atomic mass is 32.2. The lowest BCUT2D eigenvalue weighted by atomic mass is 9.91. The Morgan fingerprint density at radius 3 is 2.67 bits per heavy atom. The third kappa shape index (κ3) is 3.23. The summed E-state index contributed by atoms with van der Waals surface area (Å²) in [6.07, 6.45) is 4.81. The zero-order valence-corrected chi connectivity index (χ0v) is 16.5. The molecule has 1 amide bonds. The SMILES string of the molecule is CC(=O)N1c2ccc(S(=O)(=O)Nc3cccc4c3CCCC4)cc2C[C@H]1C. The Bertz CT molecular complexity index is 1010. The Morgan fingerprint density at radius 1 is 1.11 bits per heavy atom. The molecule has 0 spiro atoms. The lowest BCUT2D eigenvalue weighted by Gasteiger charge is -2.21. The quantitative estimate of drug-likeness (QED) is 0.878. The van der Waals surface area contributed by atoms with Gasteiger partial charge in [0, 0.05) is 18.7 Å². The number of anilines is 2. The Morgan fingerprint density at radius 2 is 1.89 bits per heavy atom. The molecule has 1 heterocycles. The zero-order valence-electron chi connectivity index (χ0n) is 15.7. The van der Waals surface area contributed by atoms with Gasteiger partial charge in [0.1, 0.15) is 0 Å². The van der Waals surface area contributed by atoms with E-state index in [1.54, 1.807) is 23.1 Å². The monoisotopic (exact) mass is 384 g/mol. The van der Waals surface area contributed by atoms with Gasteiger partial charge in [-0.05, 0) is 80.0 Å². The normalized spacial score (nSPS) is 18.7. The minimum atomic E-state index is -3.68. The number of sulfonamides is 1. The third-order valence-electron chi connectivity index (χ3n) is 5.56.